The molecule has 0 bridgehead atoms. The SMILES string of the molecule is CC.CC.Cc1ccc2c(N3CCC(=O)NC3=O)n[n-]c2c1.[Re]. The van der Waals surface area contributed by atoms with Gasteiger partial charge in [0.15, 0.2) is 0 Å². The molecule has 127 valence electrons. The predicted molar refractivity (Wildman–Crippen MR) is 88.0 cm³/mol. The van der Waals surface area contributed by atoms with Crippen LogP contribution in [-0.2, 0) is 25.2 Å². The summed E-state index contributed by atoms with van der Waals surface area (Å²) in [6.07, 6.45) is 0.284. The molecule has 7 heteroatoms. The van der Waals surface area contributed by atoms with Crippen molar-refractivity contribution in [1.82, 2.24) is 15.5 Å². The molecule has 3 rings (SSSR count). The van der Waals surface area contributed by atoms with Gasteiger partial charge in [0, 0.05) is 38.8 Å². The number of anilines is 1. The molecule has 1 saturated heterocycles. The normalized spacial score (nSPS) is 13.2. The van der Waals surface area contributed by atoms with E-state index in [1.807, 2.05) is 52.8 Å². The van der Waals surface area contributed by atoms with Gasteiger partial charge in [0.1, 0.15) is 5.82 Å². The van der Waals surface area contributed by atoms with E-state index in [1.54, 1.807) is 0 Å². The van der Waals surface area contributed by atoms with Gasteiger partial charge in [0.05, 0.1) is 0 Å². The fraction of sp³-hybridized carbons (Fsp3) is 0.438. The Morgan fingerprint density at radius 1 is 1.17 bits per heavy atom. The van der Waals surface area contributed by atoms with Crippen LogP contribution in [0.4, 0.5) is 10.6 Å². The van der Waals surface area contributed by atoms with Gasteiger partial charge in [-0.3, -0.25) is 15.0 Å². The Bertz CT molecular complexity index is 655. The Hall–Kier alpha value is -1.71. The fourth-order valence-electron chi connectivity index (χ4n) is 2.03. The van der Waals surface area contributed by atoms with E-state index in [4.69, 9.17) is 0 Å². The van der Waals surface area contributed by atoms with E-state index in [-0.39, 0.29) is 32.8 Å². The summed E-state index contributed by atoms with van der Waals surface area (Å²) >= 11 is 0. The zero-order valence-corrected chi connectivity index (χ0v) is 16.9. The maximum absolute atomic E-state index is 11.7. The molecule has 0 atom stereocenters. The second kappa shape index (κ2) is 10.1. The molecule has 0 aliphatic carbocycles. The summed E-state index contributed by atoms with van der Waals surface area (Å²) in [5.74, 6) is 0.255. The third kappa shape index (κ3) is 4.88. The smallest absolute Gasteiger partial charge is 0.329 e. The van der Waals surface area contributed by atoms with Crippen LogP contribution in [-0.4, -0.2) is 23.6 Å². The molecule has 0 unspecified atom stereocenters. The summed E-state index contributed by atoms with van der Waals surface area (Å²) in [7, 11) is 0. The molecule has 0 saturated carbocycles. The summed E-state index contributed by atoms with van der Waals surface area (Å²) in [5.41, 5.74) is 1.85. The monoisotopic (exact) mass is 490 g/mol. The quantitative estimate of drug-likeness (QED) is 0.668. The second-order valence-corrected chi connectivity index (χ2v) is 4.30. The molecule has 1 N–H and O–H groups in total. The van der Waals surface area contributed by atoms with Crippen molar-refractivity contribution in [2.45, 2.75) is 41.0 Å². The zero-order valence-electron chi connectivity index (χ0n) is 14.2. The van der Waals surface area contributed by atoms with Crippen molar-refractivity contribution >= 4 is 28.7 Å². The number of aromatic nitrogens is 2. The van der Waals surface area contributed by atoms with Gasteiger partial charge in [-0.15, -0.1) is 5.52 Å². The molecule has 23 heavy (non-hydrogen) atoms. The minimum absolute atomic E-state index is 0. The molecule has 1 aliphatic heterocycles. The van der Waals surface area contributed by atoms with Crippen LogP contribution in [0.25, 0.3) is 10.9 Å². The van der Waals surface area contributed by atoms with Gasteiger partial charge in [-0.25, -0.2) is 4.79 Å². The van der Waals surface area contributed by atoms with Gasteiger partial charge in [-0.05, 0) is 6.92 Å². The molecular formula is C16H23N4O2Re-. The van der Waals surface area contributed by atoms with Crippen LogP contribution in [0.2, 0.25) is 0 Å². The molecule has 1 radical (unpaired) electrons. The number of aryl methyl sites for hydroxylation is 1. The van der Waals surface area contributed by atoms with Gasteiger partial charge in [-0.1, -0.05) is 51.5 Å². The van der Waals surface area contributed by atoms with Crippen molar-refractivity contribution in [2.24, 2.45) is 0 Å². The fourth-order valence-corrected chi connectivity index (χ4v) is 2.03. The number of nitrogens with one attached hydrogen (secondary N) is 1. The number of urea groups is 1. The Labute approximate surface area is 150 Å². The number of amides is 3. The van der Waals surface area contributed by atoms with E-state index < -0.39 is 6.03 Å². The van der Waals surface area contributed by atoms with Crippen LogP contribution < -0.4 is 15.3 Å². The Morgan fingerprint density at radius 3 is 2.43 bits per heavy atom. The number of hydrogen-bond acceptors (Lipinski definition) is 3. The molecule has 1 aromatic heterocycles. The van der Waals surface area contributed by atoms with Crippen LogP contribution in [0.1, 0.15) is 39.7 Å². The topological polar surface area (TPSA) is 76.4 Å². The third-order valence-electron chi connectivity index (χ3n) is 2.96. The summed E-state index contributed by atoms with van der Waals surface area (Å²) in [6.45, 7) is 10.3. The molecule has 3 amide bonds. The summed E-state index contributed by atoms with van der Waals surface area (Å²) in [4.78, 5) is 24.3. The molecule has 0 spiro atoms. The molecule has 1 aromatic carbocycles. The van der Waals surface area contributed by atoms with Gasteiger partial charge in [0.2, 0.25) is 5.91 Å². The number of hydrogen-bond donors (Lipinski definition) is 1. The first-order valence-corrected chi connectivity index (χ1v) is 7.66. The largest absolute Gasteiger partial charge is 0.573 e. The minimum atomic E-state index is -0.436. The molecule has 2 heterocycles. The number of benzene rings is 1. The van der Waals surface area contributed by atoms with Crippen LogP contribution >= 0.6 is 0 Å². The van der Waals surface area contributed by atoms with E-state index in [2.05, 4.69) is 15.5 Å². The van der Waals surface area contributed by atoms with E-state index in [9.17, 15) is 9.59 Å². The van der Waals surface area contributed by atoms with Crippen molar-refractivity contribution < 1.29 is 30.0 Å². The van der Waals surface area contributed by atoms with Crippen molar-refractivity contribution in [3.05, 3.63) is 23.8 Å². The van der Waals surface area contributed by atoms with Gasteiger partial charge >= 0.3 is 6.03 Å². The van der Waals surface area contributed by atoms with E-state index >= 15 is 0 Å². The van der Waals surface area contributed by atoms with Crippen molar-refractivity contribution in [3.63, 3.8) is 0 Å². The predicted octanol–water partition coefficient (Wildman–Crippen LogP) is 3.00. The summed E-state index contributed by atoms with van der Waals surface area (Å²) in [6, 6.07) is 5.32. The zero-order chi connectivity index (χ0) is 16.7. The standard InChI is InChI=1S/C12H12N4O2.2C2H6.Re/c1-7-2-3-8-9(6-7)14-15-11(8)16-5-4-10(17)13-12(16)18;2*1-2;/h2-3,6H,4-5H2,1H3,(H2,13,14,15,17,18);2*1-2H3;/p-1. The number of carbonyl (C=O) groups excluding carboxylic acids is 2. The Kier molecular flexibility index (Phi) is 9.39. The van der Waals surface area contributed by atoms with Crippen LogP contribution in [0.15, 0.2) is 18.2 Å². The Balaban J connectivity index is 0.000000901. The summed E-state index contributed by atoms with van der Waals surface area (Å²) < 4.78 is 0. The average molecular weight is 490 g/mol. The summed E-state index contributed by atoms with van der Waals surface area (Å²) in [5, 5.41) is 11.2. The first-order chi connectivity index (χ1) is 10.6. The first kappa shape index (κ1) is 21.3. The molecule has 2 aromatic rings. The first-order valence-electron chi connectivity index (χ1n) is 7.66. The molecule has 6 nitrogen and oxygen atoms in total. The number of imide groups is 1. The second-order valence-electron chi connectivity index (χ2n) is 4.30. The average Bonchev–Trinajstić information content (AvgIpc) is 2.94. The number of carbonyl (C=O) groups is 2. The minimum Gasteiger partial charge on any atom is -0.573 e. The molecular weight excluding hydrogens is 466 g/mol. The molecule has 1 fully saturated rings. The maximum atomic E-state index is 11.7. The van der Waals surface area contributed by atoms with Crippen LogP contribution in [0, 0.1) is 6.92 Å². The third-order valence-corrected chi connectivity index (χ3v) is 2.96. The number of nitrogens with zero attached hydrogens (tertiary/aromatic N) is 3. The van der Waals surface area contributed by atoms with Crippen molar-refractivity contribution in [2.75, 3.05) is 11.4 Å². The van der Waals surface area contributed by atoms with Crippen molar-refractivity contribution in [1.29, 1.82) is 0 Å². The van der Waals surface area contributed by atoms with E-state index in [0.29, 0.717) is 12.4 Å². The van der Waals surface area contributed by atoms with Gasteiger partial charge in [-0.2, -0.15) is 0 Å². The van der Waals surface area contributed by atoms with Gasteiger partial charge in [0.25, 0.3) is 0 Å². The maximum Gasteiger partial charge on any atom is 0.329 e. The van der Waals surface area contributed by atoms with E-state index in [1.165, 1.54) is 4.90 Å². The van der Waals surface area contributed by atoms with Crippen LogP contribution in [0.3, 0.4) is 0 Å². The Morgan fingerprint density at radius 2 is 1.83 bits per heavy atom. The van der Waals surface area contributed by atoms with Crippen LogP contribution in [0.5, 0.6) is 0 Å². The van der Waals surface area contributed by atoms with Gasteiger partial charge < -0.3 is 10.2 Å². The van der Waals surface area contributed by atoms with E-state index in [0.717, 1.165) is 16.5 Å². The number of rotatable bonds is 1. The molecule has 1 aliphatic rings. The van der Waals surface area contributed by atoms with Crippen molar-refractivity contribution in [3.8, 4) is 0 Å². The number of fused-ring (bicyclic) bond motifs is 1.